The molecule has 3 aromatic heterocycles. The molecule has 0 saturated carbocycles. The second-order valence-corrected chi connectivity index (χ2v) is 10.9. The third kappa shape index (κ3) is 5.04. The van der Waals surface area contributed by atoms with Gasteiger partial charge in [-0.25, -0.2) is 9.37 Å². The van der Waals surface area contributed by atoms with E-state index in [0.717, 1.165) is 44.3 Å². The molecule has 0 aliphatic heterocycles. The minimum Gasteiger partial charge on any atom is -0.384 e. The van der Waals surface area contributed by atoms with E-state index in [1.165, 1.54) is 18.5 Å². The fourth-order valence-corrected chi connectivity index (χ4v) is 5.66. The first-order valence-corrected chi connectivity index (χ1v) is 13.6. The molecule has 8 nitrogen and oxygen atoms in total. The van der Waals surface area contributed by atoms with E-state index >= 15 is 0 Å². The molecule has 1 N–H and O–H groups in total. The van der Waals surface area contributed by atoms with Gasteiger partial charge in [-0.3, -0.25) is 14.6 Å². The third-order valence-electron chi connectivity index (χ3n) is 7.51. The largest absolute Gasteiger partial charge is 0.384 e. The van der Waals surface area contributed by atoms with E-state index in [1.54, 1.807) is 36.4 Å². The Kier molecular flexibility index (Phi) is 6.96. The molecule has 0 aliphatic carbocycles. The van der Waals surface area contributed by atoms with Crippen LogP contribution in [0.1, 0.15) is 42.7 Å². The van der Waals surface area contributed by atoms with Crippen LogP contribution >= 0.6 is 0 Å². The van der Waals surface area contributed by atoms with Crippen LogP contribution in [0.2, 0.25) is 0 Å². The van der Waals surface area contributed by atoms with Crippen LogP contribution in [-0.2, 0) is 16.7 Å². The van der Waals surface area contributed by atoms with Gasteiger partial charge in [0.15, 0.2) is 5.78 Å². The highest BCUT2D eigenvalue weighted by Crippen LogP contribution is 2.44. The Morgan fingerprint density at radius 3 is 2.56 bits per heavy atom. The third-order valence-corrected chi connectivity index (χ3v) is 7.51. The lowest BCUT2D eigenvalue weighted by Gasteiger charge is -2.28. The van der Waals surface area contributed by atoms with Gasteiger partial charge in [0.2, 0.25) is 0 Å². The number of aryl methyl sites for hydroxylation is 1. The van der Waals surface area contributed by atoms with Crippen molar-refractivity contribution in [1.82, 2.24) is 29.5 Å². The van der Waals surface area contributed by atoms with Gasteiger partial charge >= 0.3 is 0 Å². The minimum atomic E-state index is -0.417. The molecule has 0 atom stereocenters. The number of fused-ring (bicyclic) bond motifs is 2. The van der Waals surface area contributed by atoms with E-state index in [-0.39, 0.29) is 11.6 Å². The van der Waals surface area contributed by atoms with E-state index in [9.17, 15) is 9.18 Å². The number of H-pyrrole nitrogens is 1. The normalized spacial score (nSPS) is 12.0. The molecule has 3 aromatic carbocycles. The average molecular weight is 551 g/mol. The predicted molar refractivity (Wildman–Crippen MR) is 157 cm³/mol. The number of rotatable bonds is 10. The second kappa shape index (κ2) is 10.7. The summed E-state index contributed by atoms with van der Waals surface area (Å²) in [5.41, 5.74) is 6.05. The van der Waals surface area contributed by atoms with E-state index in [0.29, 0.717) is 31.6 Å². The SMILES string of the molecule is COCC(C)(C)c1c(-c2ccc(C(=O)CCCn3cncn3)cc2)c2cc3[nH]ncc3cc2n1-c1ccc(F)cc1. The molecular weight excluding hydrogens is 519 g/mol. The van der Waals surface area contributed by atoms with Crippen LogP contribution in [0.4, 0.5) is 4.39 Å². The number of Topliss-reactive ketones (excluding diaryl/α,β-unsaturated/α-hetero) is 1. The molecule has 208 valence electrons. The highest BCUT2D eigenvalue weighted by molar-refractivity contribution is 6.06. The standard InChI is InChI=1S/C32H31FN6O2/c1-32(2,18-41-3)31-30(22-8-6-21(7-9-22)29(40)5-4-14-38-20-34-19-36-38)26-16-27-23(17-35-37-27)15-28(26)39(31)25-12-10-24(33)11-13-25/h6-13,15-17,19-20H,4-5,14,18H2,1-3H3,(H,35,37). The van der Waals surface area contributed by atoms with E-state index in [2.05, 4.69) is 50.8 Å². The van der Waals surface area contributed by atoms with Crippen molar-refractivity contribution in [3.63, 3.8) is 0 Å². The number of carbonyl (C=O) groups is 1. The molecule has 3 heterocycles. The Morgan fingerprint density at radius 1 is 1.07 bits per heavy atom. The number of aromatic amines is 1. The Hall–Kier alpha value is -4.63. The van der Waals surface area contributed by atoms with E-state index < -0.39 is 5.41 Å². The number of ketones is 1. The number of carbonyl (C=O) groups excluding carboxylic acids is 1. The Morgan fingerprint density at radius 2 is 1.85 bits per heavy atom. The van der Waals surface area contributed by atoms with Gasteiger partial charge in [-0.1, -0.05) is 38.1 Å². The molecule has 6 aromatic rings. The molecule has 0 amide bonds. The number of benzene rings is 3. The summed E-state index contributed by atoms with van der Waals surface area (Å²) in [6.07, 6.45) is 6.06. The van der Waals surface area contributed by atoms with Gasteiger partial charge in [0.25, 0.3) is 0 Å². The van der Waals surface area contributed by atoms with E-state index in [4.69, 9.17) is 4.74 Å². The number of aromatic nitrogens is 6. The summed E-state index contributed by atoms with van der Waals surface area (Å²) < 4.78 is 23.6. The lowest BCUT2D eigenvalue weighted by molar-refractivity contribution is 0.0978. The zero-order valence-corrected chi connectivity index (χ0v) is 23.3. The molecule has 0 bridgehead atoms. The molecule has 0 spiro atoms. The van der Waals surface area contributed by atoms with Crippen molar-refractivity contribution in [3.05, 3.63) is 96.6 Å². The molecule has 6 rings (SSSR count). The van der Waals surface area contributed by atoms with Crippen LogP contribution in [0.3, 0.4) is 0 Å². The minimum absolute atomic E-state index is 0.0875. The summed E-state index contributed by atoms with van der Waals surface area (Å²) in [6.45, 7) is 5.41. The quantitative estimate of drug-likeness (QED) is 0.197. The first-order valence-electron chi connectivity index (χ1n) is 13.6. The van der Waals surface area contributed by atoms with Crippen LogP contribution in [0.5, 0.6) is 0 Å². The Bertz CT molecular complexity index is 1820. The number of nitrogens with zero attached hydrogens (tertiary/aromatic N) is 5. The lowest BCUT2D eigenvalue weighted by atomic mass is 9.84. The number of halogens is 1. The lowest BCUT2D eigenvalue weighted by Crippen LogP contribution is -2.27. The van der Waals surface area contributed by atoms with Crippen LogP contribution in [-0.4, -0.2) is 49.0 Å². The molecule has 0 aliphatic rings. The Balaban J connectivity index is 1.48. The molecule has 0 unspecified atom stereocenters. The van der Waals surface area contributed by atoms with E-state index in [1.807, 2.05) is 24.3 Å². The second-order valence-electron chi connectivity index (χ2n) is 10.9. The van der Waals surface area contributed by atoms with Crippen molar-refractivity contribution in [2.75, 3.05) is 13.7 Å². The molecule has 0 saturated heterocycles. The summed E-state index contributed by atoms with van der Waals surface area (Å²) in [4.78, 5) is 16.9. The maximum Gasteiger partial charge on any atom is 0.162 e. The predicted octanol–water partition coefficient (Wildman–Crippen LogP) is 6.49. The molecule has 9 heteroatoms. The van der Waals surface area contributed by atoms with Crippen LogP contribution < -0.4 is 0 Å². The van der Waals surface area contributed by atoms with Crippen LogP contribution in [0, 0.1) is 5.82 Å². The van der Waals surface area contributed by atoms with Gasteiger partial charge < -0.3 is 9.30 Å². The zero-order chi connectivity index (χ0) is 28.6. The smallest absolute Gasteiger partial charge is 0.162 e. The summed E-state index contributed by atoms with van der Waals surface area (Å²) in [6, 6.07) is 18.6. The average Bonchev–Trinajstić information content (AvgIpc) is 3.71. The fourth-order valence-electron chi connectivity index (χ4n) is 5.66. The highest BCUT2D eigenvalue weighted by atomic mass is 19.1. The van der Waals surface area contributed by atoms with Gasteiger partial charge in [-0.05, 0) is 48.4 Å². The highest BCUT2D eigenvalue weighted by Gasteiger charge is 2.32. The first kappa shape index (κ1) is 26.6. The molecule has 41 heavy (non-hydrogen) atoms. The van der Waals surface area contributed by atoms with Crippen molar-refractivity contribution in [1.29, 1.82) is 0 Å². The summed E-state index contributed by atoms with van der Waals surface area (Å²) >= 11 is 0. The number of nitrogens with one attached hydrogen (secondary N) is 1. The number of methoxy groups -OCH3 is 1. The Labute approximate surface area is 236 Å². The molecule has 0 radical (unpaired) electrons. The van der Waals surface area contributed by atoms with Gasteiger partial charge in [0.05, 0.1) is 23.8 Å². The molecule has 0 fully saturated rings. The topological polar surface area (TPSA) is 90.6 Å². The maximum absolute atomic E-state index is 14.0. The zero-order valence-electron chi connectivity index (χ0n) is 23.3. The van der Waals surface area contributed by atoms with Gasteiger partial charge in [0, 0.05) is 58.8 Å². The maximum atomic E-state index is 14.0. The fraction of sp³-hybridized carbons (Fsp3) is 0.250. The summed E-state index contributed by atoms with van der Waals surface area (Å²) in [5.74, 6) is -0.202. The molecular formula is C32H31FN6O2. The van der Waals surface area contributed by atoms with Crippen molar-refractivity contribution >= 4 is 27.6 Å². The van der Waals surface area contributed by atoms with Gasteiger partial charge in [-0.15, -0.1) is 0 Å². The first-order chi connectivity index (χ1) is 19.9. The number of hydrogen-bond donors (Lipinski definition) is 1. The van der Waals surface area contributed by atoms with Crippen molar-refractivity contribution in [2.24, 2.45) is 0 Å². The number of hydrogen-bond acceptors (Lipinski definition) is 5. The van der Waals surface area contributed by atoms with Gasteiger partial charge in [0.1, 0.15) is 18.5 Å². The summed E-state index contributed by atoms with van der Waals surface area (Å²) in [7, 11) is 1.70. The van der Waals surface area contributed by atoms with Crippen molar-refractivity contribution < 1.29 is 13.9 Å². The van der Waals surface area contributed by atoms with Crippen molar-refractivity contribution in [2.45, 2.75) is 38.6 Å². The number of ether oxygens (including phenoxy) is 1. The van der Waals surface area contributed by atoms with Crippen LogP contribution in [0.15, 0.2) is 79.5 Å². The van der Waals surface area contributed by atoms with Gasteiger partial charge in [-0.2, -0.15) is 10.2 Å². The van der Waals surface area contributed by atoms with Crippen molar-refractivity contribution in [3.8, 4) is 16.8 Å². The van der Waals surface area contributed by atoms with Crippen LogP contribution in [0.25, 0.3) is 38.6 Å². The monoisotopic (exact) mass is 550 g/mol. The summed E-state index contributed by atoms with van der Waals surface area (Å²) in [5, 5.41) is 13.4.